The first-order valence-electron chi connectivity index (χ1n) is 6.96. The average molecular weight is 328 g/mol. The molecule has 0 aliphatic carbocycles. The summed E-state index contributed by atoms with van der Waals surface area (Å²) in [6, 6.07) is 3.42. The summed E-state index contributed by atoms with van der Waals surface area (Å²) in [5, 5.41) is 6.41. The number of nitrogens with zero attached hydrogens (tertiary/aromatic N) is 5. The molecule has 0 aliphatic heterocycles. The maximum Gasteiger partial charge on any atom is 0.293 e. The van der Waals surface area contributed by atoms with E-state index in [1.165, 1.54) is 18.7 Å². The fraction of sp³-hybridized carbons (Fsp3) is 0.214. The van der Waals surface area contributed by atoms with Crippen molar-refractivity contribution in [1.29, 1.82) is 0 Å². The number of methoxy groups -OCH3 is 2. The van der Waals surface area contributed by atoms with Gasteiger partial charge >= 0.3 is 0 Å². The van der Waals surface area contributed by atoms with Crippen LogP contribution in [0.1, 0.15) is 5.89 Å². The summed E-state index contributed by atoms with van der Waals surface area (Å²) in [6.07, 6.45) is 0. The number of H-pyrrole nitrogens is 1. The Kier molecular flexibility index (Phi) is 2.98. The van der Waals surface area contributed by atoms with E-state index in [1.54, 1.807) is 19.1 Å². The van der Waals surface area contributed by atoms with Gasteiger partial charge in [0.05, 0.1) is 25.3 Å². The van der Waals surface area contributed by atoms with Crippen molar-refractivity contribution in [2.75, 3.05) is 14.2 Å². The molecule has 0 saturated heterocycles. The third-order valence-corrected chi connectivity index (χ3v) is 3.52. The molecule has 4 aromatic rings. The number of hydrogen-bond acceptors (Lipinski definition) is 8. The van der Waals surface area contributed by atoms with Crippen LogP contribution < -0.4 is 15.0 Å². The summed E-state index contributed by atoms with van der Waals surface area (Å²) in [4.78, 5) is 25.0. The normalized spacial score (nSPS) is 11.3. The molecule has 3 aromatic heterocycles. The molecular weight excluding hydrogens is 316 g/mol. The Labute approximate surface area is 134 Å². The van der Waals surface area contributed by atoms with Crippen LogP contribution in [0.25, 0.3) is 28.3 Å². The lowest BCUT2D eigenvalue weighted by Gasteiger charge is -2.06. The summed E-state index contributed by atoms with van der Waals surface area (Å²) < 4.78 is 16.9. The van der Waals surface area contributed by atoms with Gasteiger partial charge in [0.1, 0.15) is 0 Å². The molecule has 3 heterocycles. The molecule has 1 aromatic carbocycles. The van der Waals surface area contributed by atoms with Crippen molar-refractivity contribution in [2.24, 2.45) is 0 Å². The molecular formula is C14H12N6O4. The number of rotatable bonds is 3. The van der Waals surface area contributed by atoms with Crippen molar-refractivity contribution < 1.29 is 14.0 Å². The van der Waals surface area contributed by atoms with Crippen molar-refractivity contribution in [1.82, 2.24) is 29.7 Å². The van der Waals surface area contributed by atoms with E-state index in [2.05, 4.69) is 25.2 Å². The van der Waals surface area contributed by atoms with Crippen LogP contribution in [0.4, 0.5) is 0 Å². The number of fused-ring (bicyclic) bond motifs is 3. The molecule has 0 saturated carbocycles. The SMILES string of the molecule is COc1cc2nc3nc(-c4noc(C)n4)c(=O)[nH]n3c2cc1OC. The van der Waals surface area contributed by atoms with Crippen molar-refractivity contribution >= 4 is 16.8 Å². The van der Waals surface area contributed by atoms with Crippen LogP contribution in [0.15, 0.2) is 21.5 Å². The number of aryl methyl sites for hydroxylation is 1. The highest BCUT2D eigenvalue weighted by Gasteiger charge is 2.17. The maximum absolute atomic E-state index is 12.3. The second kappa shape index (κ2) is 5.05. The summed E-state index contributed by atoms with van der Waals surface area (Å²) in [5.74, 6) is 1.79. The molecule has 24 heavy (non-hydrogen) atoms. The topological polar surface area (TPSA) is 120 Å². The number of aromatic nitrogens is 6. The highest BCUT2D eigenvalue weighted by molar-refractivity contribution is 5.83. The van der Waals surface area contributed by atoms with Gasteiger partial charge < -0.3 is 14.0 Å². The minimum absolute atomic E-state index is 0.0357. The highest BCUT2D eigenvalue weighted by atomic mass is 16.5. The molecule has 4 rings (SSSR count). The number of imidazole rings is 1. The summed E-state index contributed by atoms with van der Waals surface area (Å²) >= 11 is 0. The van der Waals surface area contributed by atoms with Gasteiger partial charge in [-0.2, -0.15) is 4.98 Å². The standard InChI is InChI=1S/C14H12N6O4/c1-6-15-12(19-24-6)11-13(21)18-20-8-5-10(23-3)9(22-2)4-7(8)16-14(20)17-11/h4-5H,1-3H3,(H,18,21). The van der Waals surface area contributed by atoms with Crippen LogP contribution in [-0.4, -0.2) is 43.9 Å². The number of ether oxygens (including phenoxy) is 2. The van der Waals surface area contributed by atoms with E-state index in [0.717, 1.165) is 0 Å². The quantitative estimate of drug-likeness (QED) is 0.590. The zero-order chi connectivity index (χ0) is 16.8. The predicted octanol–water partition coefficient (Wildman–Crippen LogP) is 0.946. The van der Waals surface area contributed by atoms with Gasteiger partial charge in [-0.3, -0.25) is 9.89 Å². The van der Waals surface area contributed by atoms with Gasteiger partial charge in [0.15, 0.2) is 17.2 Å². The van der Waals surface area contributed by atoms with Crippen molar-refractivity contribution in [3.8, 4) is 23.0 Å². The second-order valence-electron chi connectivity index (χ2n) is 4.98. The van der Waals surface area contributed by atoms with Crippen molar-refractivity contribution in [3.05, 3.63) is 28.4 Å². The van der Waals surface area contributed by atoms with Crippen LogP contribution in [0.3, 0.4) is 0 Å². The second-order valence-corrected chi connectivity index (χ2v) is 4.98. The zero-order valence-corrected chi connectivity index (χ0v) is 13.0. The summed E-state index contributed by atoms with van der Waals surface area (Å²) in [7, 11) is 3.07. The Hall–Kier alpha value is -3.43. The maximum atomic E-state index is 12.3. The minimum atomic E-state index is -0.461. The van der Waals surface area contributed by atoms with Crippen LogP contribution in [0, 0.1) is 6.92 Å². The summed E-state index contributed by atoms with van der Waals surface area (Å²) in [6.45, 7) is 1.63. The Morgan fingerprint density at radius 3 is 2.54 bits per heavy atom. The molecule has 0 bridgehead atoms. The molecule has 0 radical (unpaired) electrons. The molecule has 0 unspecified atom stereocenters. The number of nitrogens with one attached hydrogen (secondary N) is 1. The van der Waals surface area contributed by atoms with Crippen molar-refractivity contribution in [3.63, 3.8) is 0 Å². The Morgan fingerprint density at radius 2 is 1.88 bits per heavy atom. The van der Waals surface area contributed by atoms with Crippen LogP contribution in [-0.2, 0) is 0 Å². The zero-order valence-electron chi connectivity index (χ0n) is 13.0. The van der Waals surface area contributed by atoms with E-state index < -0.39 is 5.56 Å². The molecule has 0 atom stereocenters. The van der Waals surface area contributed by atoms with E-state index in [9.17, 15) is 4.79 Å². The molecule has 122 valence electrons. The van der Waals surface area contributed by atoms with Crippen LogP contribution >= 0.6 is 0 Å². The molecule has 0 amide bonds. The lowest BCUT2D eigenvalue weighted by atomic mass is 10.3. The average Bonchev–Trinajstić information content (AvgIpc) is 3.15. The monoisotopic (exact) mass is 328 g/mol. The Balaban J connectivity index is 2.01. The predicted molar refractivity (Wildman–Crippen MR) is 82.2 cm³/mol. The van der Waals surface area contributed by atoms with E-state index in [4.69, 9.17) is 14.0 Å². The van der Waals surface area contributed by atoms with Gasteiger partial charge in [-0.05, 0) is 0 Å². The smallest absolute Gasteiger partial charge is 0.293 e. The Morgan fingerprint density at radius 1 is 1.12 bits per heavy atom. The van der Waals surface area contributed by atoms with Crippen LogP contribution in [0.5, 0.6) is 11.5 Å². The van der Waals surface area contributed by atoms with E-state index in [0.29, 0.717) is 28.4 Å². The number of aromatic amines is 1. The van der Waals surface area contributed by atoms with Gasteiger partial charge in [-0.15, -0.1) is 0 Å². The van der Waals surface area contributed by atoms with Gasteiger partial charge in [0, 0.05) is 19.1 Å². The molecule has 0 fully saturated rings. The Bertz CT molecular complexity index is 1130. The van der Waals surface area contributed by atoms with Gasteiger partial charge in [0.2, 0.25) is 11.7 Å². The molecule has 10 nitrogen and oxygen atoms in total. The van der Waals surface area contributed by atoms with Crippen molar-refractivity contribution in [2.45, 2.75) is 6.92 Å². The fourth-order valence-corrected chi connectivity index (χ4v) is 2.43. The van der Waals surface area contributed by atoms with E-state index in [1.807, 2.05) is 0 Å². The lowest BCUT2D eigenvalue weighted by Crippen LogP contribution is -2.16. The largest absolute Gasteiger partial charge is 0.493 e. The summed E-state index contributed by atoms with van der Waals surface area (Å²) in [5.41, 5.74) is 0.798. The van der Waals surface area contributed by atoms with E-state index in [-0.39, 0.29) is 17.3 Å². The number of hydrogen-bond donors (Lipinski definition) is 1. The third kappa shape index (κ3) is 2.00. The third-order valence-electron chi connectivity index (χ3n) is 3.52. The minimum Gasteiger partial charge on any atom is -0.493 e. The highest BCUT2D eigenvalue weighted by Crippen LogP contribution is 2.31. The molecule has 1 N–H and O–H groups in total. The first kappa shape index (κ1) is 14.2. The van der Waals surface area contributed by atoms with Crippen LogP contribution in [0.2, 0.25) is 0 Å². The van der Waals surface area contributed by atoms with Gasteiger partial charge in [-0.1, -0.05) is 5.16 Å². The van der Waals surface area contributed by atoms with E-state index >= 15 is 0 Å². The fourth-order valence-electron chi connectivity index (χ4n) is 2.43. The molecule has 0 spiro atoms. The first-order chi connectivity index (χ1) is 11.6. The molecule has 0 aliphatic rings. The number of benzene rings is 1. The first-order valence-corrected chi connectivity index (χ1v) is 6.96. The lowest BCUT2D eigenvalue weighted by molar-refractivity contribution is 0.355. The van der Waals surface area contributed by atoms with Gasteiger partial charge in [0.25, 0.3) is 11.3 Å². The molecule has 10 heteroatoms. The van der Waals surface area contributed by atoms with Gasteiger partial charge in [-0.25, -0.2) is 14.5 Å².